The lowest BCUT2D eigenvalue weighted by Crippen LogP contribution is -2.20. The predicted molar refractivity (Wildman–Crippen MR) is 109 cm³/mol. The Morgan fingerprint density at radius 3 is 2.53 bits per heavy atom. The van der Waals surface area contributed by atoms with Crippen LogP contribution in [0, 0.1) is 18.3 Å². The smallest absolute Gasteiger partial charge is 0.416 e. The maximum absolute atomic E-state index is 12.1. The third-order valence-corrected chi connectivity index (χ3v) is 4.18. The fourth-order valence-electron chi connectivity index (χ4n) is 2.49. The van der Waals surface area contributed by atoms with E-state index >= 15 is 0 Å². The standard InChI is InChI=1S/C12H12N6O2.C8H6ClF3/c1-8(15-7-19)11-16-12(20-2)17-18(11)10-4-3-9(5-13)6-14-10;1-5-2-6(8(10,11)12)4-7(9)3-5/h3-4,6-8H,1-2H3,(H,15,19);2-4H,1H3. The van der Waals surface area contributed by atoms with Gasteiger partial charge < -0.3 is 10.1 Å². The van der Waals surface area contributed by atoms with E-state index in [1.165, 1.54) is 24.1 Å². The zero-order valence-electron chi connectivity index (χ0n) is 17.2. The normalized spacial score (nSPS) is 11.6. The summed E-state index contributed by atoms with van der Waals surface area (Å²) < 4.78 is 42.7. The Hall–Kier alpha value is -3.65. The fraction of sp³-hybridized carbons (Fsp3) is 0.250. The number of aromatic nitrogens is 4. The number of ether oxygens (including phenoxy) is 1. The van der Waals surface area contributed by atoms with Gasteiger partial charge >= 0.3 is 12.2 Å². The quantitative estimate of drug-likeness (QED) is 0.569. The maximum atomic E-state index is 12.1. The minimum absolute atomic E-state index is 0.113. The van der Waals surface area contributed by atoms with Crippen molar-refractivity contribution < 1.29 is 22.7 Å². The summed E-state index contributed by atoms with van der Waals surface area (Å²) in [6, 6.07) is 8.52. The zero-order valence-corrected chi connectivity index (χ0v) is 17.9. The van der Waals surface area contributed by atoms with Crippen LogP contribution in [0.15, 0.2) is 36.5 Å². The molecule has 1 atom stereocenters. The molecular weight excluding hydrogens is 449 g/mol. The molecule has 32 heavy (non-hydrogen) atoms. The average molecular weight is 467 g/mol. The van der Waals surface area contributed by atoms with E-state index in [1.807, 2.05) is 6.07 Å². The molecule has 3 aromatic rings. The summed E-state index contributed by atoms with van der Waals surface area (Å²) in [6.45, 7) is 3.33. The summed E-state index contributed by atoms with van der Waals surface area (Å²) in [7, 11) is 1.45. The molecule has 12 heteroatoms. The molecule has 0 aliphatic heterocycles. The van der Waals surface area contributed by atoms with Crippen LogP contribution in [0.1, 0.15) is 35.5 Å². The summed E-state index contributed by atoms with van der Waals surface area (Å²) >= 11 is 5.46. The molecule has 0 fully saturated rings. The van der Waals surface area contributed by atoms with Gasteiger partial charge in [0, 0.05) is 11.2 Å². The van der Waals surface area contributed by atoms with Gasteiger partial charge in [0.25, 0.3) is 0 Å². The van der Waals surface area contributed by atoms with E-state index in [4.69, 9.17) is 21.6 Å². The second-order valence-corrected chi connectivity index (χ2v) is 6.84. The lowest BCUT2D eigenvalue weighted by atomic mass is 10.1. The number of hydrogen-bond acceptors (Lipinski definition) is 6. The summed E-state index contributed by atoms with van der Waals surface area (Å²) in [4.78, 5) is 18.9. The van der Waals surface area contributed by atoms with Crippen LogP contribution < -0.4 is 10.1 Å². The first-order valence-corrected chi connectivity index (χ1v) is 9.38. The van der Waals surface area contributed by atoms with Crippen molar-refractivity contribution in [2.24, 2.45) is 0 Å². The van der Waals surface area contributed by atoms with E-state index in [9.17, 15) is 18.0 Å². The number of aryl methyl sites for hydroxylation is 1. The number of nitriles is 1. The van der Waals surface area contributed by atoms with Crippen LogP contribution in [-0.2, 0) is 11.0 Å². The Morgan fingerprint density at radius 1 is 1.31 bits per heavy atom. The van der Waals surface area contributed by atoms with Crippen molar-refractivity contribution in [3.63, 3.8) is 0 Å². The molecule has 0 saturated carbocycles. The Balaban J connectivity index is 0.000000258. The van der Waals surface area contributed by atoms with Gasteiger partial charge in [0.05, 0.1) is 24.3 Å². The van der Waals surface area contributed by atoms with E-state index in [0.717, 1.165) is 12.1 Å². The van der Waals surface area contributed by atoms with Gasteiger partial charge in [0.1, 0.15) is 6.07 Å². The van der Waals surface area contributed by atoms with Crippen molar-refractivity contribution in [3.05, 3.63) is 64.1 Å². The van der Waals surface area contributed by atoms with Crippen molar-refractivity contribution in [1.29, 1.82) is 5.26 Å². The first-order valence-electron chi connectivity index (χ1n) is 9.00. The molecule has 1 aromatic carbocycles. The molecule has 1 amide bonds. The molecule has 2 aromatic heterocycles. The molecule has 0 bridgehead atoms. The first kappa shape index (κ1) is 24.6. The van der Waals surface area contributed by atoms with Crippen molar-refractivity contribution >= 4 is 18.0 Å². The number of carbonyl (C=O) groups excluding carboxylic acids is 1. The molecule has 8 nitrogen and oxygen atoms in total. The number of rotatable bonds is 5. The molecule has 0 spiro atoms. The third-order valence-electron chi connectivity index (χ3n) is 3.96. The highest BCUT2D eigenvalue weighted by Crippen LogP contribution is 2.31. The molecule has 0 radical (unpaired) electrons. The number of amides is 1. The minimum Gasteiger partial charge on any atom is -0.466 e. The minimum atomic E-state index is -4.31. The third kappa shape index (κ3) is 6.42. The van der Waals surface area contributed by atoms with Crippen LogP contribution in [0.4, 0.5) is 13.2 Å². The van der Waals surface area contributed by atoms with Crippen LogP contribution in [0.3, 0.4) is 0 Å². The van der Waals surface area contributed by atoms with Gasteiger partial charge in [-0.2, -0.15) is 28.1 Å². The zero-order chi connectivity index (χ0) is 23.9. The highest BCUT2D eigenvalue weighted by Gasteiger charge is 2.30. The molecule has 3 rings (SSSR count). The molecule has 1 N–H and O–H groups in total. The number of alkyl halides is 3. The first-order chi connectivity index (χ1) is 15.1. The average Bonchev–Trinajstić information content (AvgIpc) is 3.18. The Kier molecular flexibility index (Phi) is 8.15. The summed E-state index contributed by atoms with van der Waals surface area (Å²) in [5.41, 5.74) is 0.253. The number of hydrogen-bond donors (Lipinski definition) is 1. The van der Waals surface area contributed by atoms with Crippen LogP contribution in [-0.4, -0.2) is 33.3 Å². The molecule has 0 saturated heterocycles. The van der Waals surface area contributed by atoms with Gasteiger partial charge in [0.2, 0.25) is 6.41 Å². The van der Waals surface area contributed by atoms with Crippen molar-refractivity contribution in [1.82, 2.24) is 25.1 Å². The lowest BCUT2D eigenvalue weighted by Gasteiger charge is -2.10. The highest BCUT2D eigenvalue weighted by atomic mass is 35.5. The van der Waals surface area contributed by atoms with E-state index < -0.39 is 11.7 Å². The SMILES string of the molecule is COc1nc(C(C)NC=O)n(-c2ccc(C#N)cn2)n1.Cc1cc(Cl)cc(C(F)(F)F)c1. The Labute approximate surface area is 186 Å². The number of methoxy groups -OCH3 is 1. The predicted octanol–water partition coefficient (Wildman–Crippen LogP) is 4.02. The van der Waals surface area contributed by atoms with E-state index in [1.54, 1.807) is 26.0 Å². The molecule has 0 aliphatic carbocycles. The van der Waals surface area contributed by atoms with Gasteiger partial charge in [-0.25, -0.2) is 4.98 Å². The van der Waals surface area contributed by atoms with Gasteiger partial charge in [-0.1, -0.05) is 11.6 Å². The topological polar surface area (TPSA) is 106 Å². The van der Waals surface area contributed by atoms with Gasteiger partial charge in [-0.05, 0) is 49.7 Å². The number of nitrogens with one attached hydrogen (secondary N) is 1. The Bertz CT molecular complexity index is 1090. The van der Waals surface area contributed by atoms with E-state index in [-0.39, 0.29) is 17.1 Å². The second kappa shape index (κ2) is 10.6. The van der Waals surface area contributed by atoms with Crippen molar-refractivity contribution in [2.75, 3.05) is 7.11 Å². The molecule has 168 valence electrons. The van der Waals surface area contributed by atoms with E-state index in [2.05, 4.69) is 20.4 Å². The maximum Gasteiger partial charge on any atom is 0.416 e. The van der Waals surface area contributed by atoms with Crippen LogP contribution in [0.2, 0.25) is 5.02 Å². The van der Waals surface area contributed by atoms with Gasteiger partial charge in [-0.15, -0.1) is 5.10 Å². The molecular formula is C20H18ClF3N6O2. The molecule has 0 aliphatic rings. The van der Waals surface area contributed by atoms with Crippen LogP contribution in [0.25, 0.3) is 5.82 Å². The molecule has 2 heterocycles. The number of halogens is 4. The highest BCUT2D eigenvalue weighted by molar-refractivity contribution is 6.30. The van der Waals surface area contributed by atoms with Gasteiger partial charge in [-0.3, -0.25) is 4.79 Å². The number of benzene rings is 1. The van der Waals surface area contributed by atoms with Crippen molar-refractivity contribution in [3.8, 4) is 17.9 Å². The summed E-state index contributed by atoms with van der Waals surface area (Å²) in [5, 5.41) is 15.6. The number of nitrogens with zero attached hydrogens (tertiary/aromatic N) is 5. The monoisotopic (exact) mass is 466 g/mol. The van der Waals surface area contributed by atoms with Crippen molar-refractivity contribution in [2.45, 2.75) is 26.1 Å². The number of pyridine rings is 1. The molecule has 1 unspecified atom stereocenters. The Morgan fingerprint density at radius 2 is 2.03 bits per heavy atom. The summed E-state index contributed by atoms with van der Waals surface area (Å²) in [6.07, 6.45) is -2.29. The lowest BCUT2D eigenvalue weighted by molar-refractivity contribution is -0.137. The van der Waals surface area contributed by atoms with Crippen LogP contribution >= 0.6 is 11.6 Å². The van der Waals surface area contributed by atoms with Crippen LogP contribution in [0.5, 0.6) is 6.01 Å². The van der Waals surface area contributed by atoms with E-state index in [0.29, 0.717) is 29.2 Å². The number of carbonyl (C=O) groups is 1. The second-order valence-electron chi connectivity index (χ2n) is 6.41. The summed E-state index contributed by atoms with van der Waals surface area (Å²) in [5.74, 6) is 0.959. The largest absolute Gasteiger partial charge is 0.466 e. The van der Waals surface area contributed by atoms with Gasteiger partial charge in [0.15, 0.2) is 11.6 Å². The fourth-order valence-corrected chi connectivity index (χ4v) is 2.78.